The van der Waals surface area contributed by atoms with Gasteiger partial charge < -0.3 is 9.88 Å². The highest BCUT2D eigenvalue weighted by molar-refractivity contribution is 7.98. The van der Waals surface area contributed by atoms with Crippen LogP contribution < -0.4 is 5.32 Å². The Kier molecular flexibility index (Phi) is 3.73. The minimum Gasteiger partial charge on any atom is -0.377 e. The molecule has 19 heavy (non-hydrogen) atoms. The fraction of sp³-hybridized carbons (Fsp3) is 0.429. The molecule has 0 bridgehead atoms. The lowest BCUT2D eigenvalue weighted by Gasteiger charge is -2.15. The molecule has 4 nitrogen and oxygen atoms in total. The second-order valence-corrected chi connectivity index (χ2v) is 5.54. The van der Waals surface area contributed by atoms with Gasteiger partial charge in [0.15, 0.2) is 5.82 Å². The Morgan fingerprint density at radius 3 is 3.05 bits per heavy atom. The van der Waals surface area contributed by atoms with E-state index in [-0.39, 0.29) is 0 Å². The predicted octanol–water partition coefficient (Wildman–Crippen LogP) is 2.95. The lowest BCUT2D eigenvalue weighted by Crippen LogP contribution is -2.15. The van der Waals surface area contributed by atoms with Crippen molar-refractivity contribution in [1.82, 2.24) is 14.8 Å². The van der Waals surface area contributed by atoms with E-state index in [0.717, 1.165) is 31.2 Å². The van der Waals surface area contributed by atoms with E-state index in [4.69, 9.17) is 0 Å². The summed E-state index contributed by atoms with van der Waals surface area (Å²) in [6.07, 6.45) is 5.63. The number of nitrogens with zero attached hydrogens (tertiary/aromatic N) is 3. The van der Waals surface area contributed by atoms with E-state index in [9.17, 15) is 0 Å². The number of anilines is 1. The number of hydrogen-bond acceptors (Lipinski definition) is 4. The van der Waals surface area contributed by atoms with Crippen LogP contribution in [0.15, 0.2) is 29.2 Å². The Morgan fingerprint density at radius 2 is 2.16 bits per heavy atom. The van der Waals surface area contributed by atoms with Gasteiger partial charge in [0.25, 0.3) is 0 Å². The Labute approximate surface area is 117 Å². The Balaban J connectivity index is 1.74. The zero-order chi connectivity index (χ0) is 13.1. The molecule has 0 radical (unpaired) electrons. The number of benzene rings is 1. The minimum atomic E-state index is 0.741. The molecule has 3 rings (SSSR count). The second-order valence-electron chi connectivity index (χ2n) is 4.70. The molecule has 0 spiro atoms. The predicted molar refractivity (Wildman–Crippen MR) is 78.5 cm³/mol. The summed E-state index contributed by atoms with van der Waals surface area (Å²) in [6, 6.07) is 8.36. The lowest BCUT2D eigenvalue weighted by molar-refractivity contribution is 0.510. The van der Waals surface area contributed by atoms with Crippen molar-refractivity contribution < 1.29 is 0 Å². The first-order chi connectivity index (χ1) is 9.38. The Hall–Kier alpha value is -1.49. The molecule has 0 amide bonds. The molecular formula is C14H18N4S. The van der Waals surface area contributed by atoms with E-state index in [1.807, 2.05) is 0 Å². The fourth-order valence-electron chi connectivity index (χ4n) is 2.46. The van der Waals surface area contributed by atoms with Crippen molar-refractivity contribution in [2.45, 2.75) is 37.2 Å². The van der Waals surface area contributed by atoms with Gasteiger partial charge in [-0.25, -0.2) is 0 Å². The first kappa shape index (κ1) is 12.5. The van der Waals surface area contributed by atoms with Gasteiger partial charge in [-0.15, -0.1) is 22.0 Å². The number of aryl methyl sites for hydroxylation is 1. The van der Waals surface area contributed by atoms with Gasteiger partial charge in [-0.2, -0.15) is 0 Å². The second kappa shape index (κ2) is 5.65. The number of nitrogens with one attached hydrogen (secondary N) is 1. The third kappa shape index (κ3) is 2.61. The molecule has 100 valence electrons. The largest absolute Gasteiger partial charge is 0.377 e. The van der Waals surface area contributed by atoms with Crippen LogP contribution in [0, 0.1) is 0 Å². The molecule has 1 aliphatic rings. The van der Waals surface area contributed by atoms with Crippen molar-refractivity contribution in [3.8, 4) is 0 Å². The SMILES string of the molecule is CSc1ccccc1NCc1nnc2n1CCCC2. The van der Waals surface area contributed by atoms with E-state index < -0.39 is 0 Å². The first-order valence-electron chi connectivity index (χ1n) is 6.66. The molecule has 1 N–H and O–H groups in total. The molecule has 1 aromatic heterocycles. The lowest BCUT2D eigenvalue weighted by atomic mass is 10.2. The Bertz CT molecular complexity index is 564. The van der Waals surface area contributed by atoms with Crippen LogP contribution in [0.1, 0.15) is 24.5 Å². The van der Waals surface area contributed by atoms with Crippen LogP contribution in [-0.2, 0) is 19.5 Å². The van der Waals surface area contributed by atoms with Crippen molar-refractivity contribution in [2.75, 3.05) is 11.6 Å². The van der Waals surface area contributed by atoms with Crippen LogP contribution in [0.25, 0.3) is 0 Å². The maximum absolute atomic E-state index is 4.31. The zero-order valence-electron chi connectivity index (χ0n) is 11.1. The summed E-state index contributed by atoms with van der Waals surface area (Å²) >= 11 is 1.76. The van der Waals surface area contributed by atoms with Crippen LogP contribution in [-0.4, -0.2) is 21.0 Å². The molecule has 0 aliphatic carbocycles. The maximum Gasteiger partial charge on any atom is 0.152 e. The quantitative estimate of drug-likeness (QED) is 0.871. The zero-order valence-corrected chi connectivity index (χ0v) is 11.9. The minimum absolute atomic E-state index is 0.741. The standard InChI is InChI=1S/C14H18N4S/c1-19-12-7-3-2-6-11(12)15-10-14-17-16-13-8-4-5-9-18(13)14/h2-3,6-7,15H,4-5,8-10H2,1H3. The number of hydrogen-bond donors (Lipinski definition) is 1. The van der Waals surface area contributed by atoms with Crippen molar-refractivity contribution in [2.24, 2.45) is 0 Å². The summed E-state index contributed by atoms with van der Waals surface area (Å²) in [4.78, 5) is 1.26. The summed E-state index contributed by atoms with van der Waals surface area (Å²) in [7, 11) is 0. The third-order valence-electron chi connectivity index (χ3n) is 3.48. The molecule has 1 aromatic carbocycles. The number of para-hydroxylation sites is 1. The van der Waals surface area contributed by atoms with Gasteiger partial charge >= 0.3 is 0 Å². The average molecular weight is 274 g/mol. The molecule has 5 heteroatoms. The van der Waals surface area contributed by atoms with Gasteiger partial charge in [0.1, 0.15) is 5.82 Å². The molecule has 1 aliphatic heterocycles. The van der Waals surface area contributed by atoms with Crippen LogP contribution in [0.2, 0.25) is 0 Å². The van der Waals surface area contributed by atoms with Crippen molar-refractivity contribution in [3.63, 3.8) is 0 Å². The van der Waals surface area contributed by atoms with Gasteiger partial charge in [0, 0.05) is 23.5 Å². The van der Waals surface area contributed by atoms with E-state index in [2.05, 4.69) is 50.6 Å². The smallest absolute Gasteiger partial charge is 0.152 e. The monoisotopic (exact) mass is 274 g/mol. The highest BCUT2D eigenvalue weighted by Crippen LogP contribution is 2.25. The van der Waals surface area contributed by atoms with Gasteiger partial charge in [-0.1, -0.05) is 12.1 Å². The molecule has 2 aromatic rings. The fourth-order valence-corrected chi connectivity index (χ4v) is 3.04. The molecule has 0 unspecified atom stereocenters. The van der Waals surface area contributed by atoms with E-state index in [1.54, 1.807) is 11.8 Å². The Morgan fingerprint density at radius 1 is 1.26 bits per heavy atom. The summed E-state index contributed by atoms with van der Waals surface area (Å²) < 4.78 is 2.26. The van der Waals surface area contributed by atoms with Gasteiger partial charge in [-0.3, -0.25) is 0 Å². The summed E-state index contributed by atoms with van der Waals surface area (Å²) in [5.41, 5.74) is 1.17. The van der Waals surface area contributed by atoms with E-state index in [1.165, 1.54) is 23.4 Å². The van der Waals surface area contributed by atoms with Gasteiger partial charge in [-0.05, 0) is 31.2 Å². The van der Waals surface area contributed by atoms with Crippen molar-refractivity contribution >= 4 is 17.4 Å². The topological polar surface area (TPSA) is 42.7 Å². The molecular weight excluding hydrogens is 256 g/mol. The summed E-state index contributed by atoms with van der Waals surface area (Å²) in [5, 5.41) is 12.1. The number of aromatic nitrogens is 3. The van der Waals surface area contributed by atoms with E-state index >= 15 is 0 Å². The maximum atomic E-state index is 4.31. The summed E-state index contributed by atoms with van der Waals surface area (Å²) in [5.74, 6) is 2.19. The molecule has 0 atom stereocenters. The van der Waals surface area contributed by atoms with Gasteiger partial charge in [0.05, 0.1) is 6.54 Å². The normalized spacial score (nSPS) is 14.2. The molecule has 0 saturated carbocycles. The van der Waals surface area contributed by atoms with Gasteiger partial charge in [0.2, 0.25) is 0 Å². The highest BCUT2D eigenvalue weighted by atomic mass is 32.2. The van der Waals surface area contributed by atoms with Crippen molar-refractivity contribution in [3.05, 3.63) is 35.9 Å². The van der Waals surface area contributed by atoms with Crippen LogP contribution >= 0.6 is 11.8 Å². The average Bonchev–Trinajstić information content (AvgIpc) is 2.89. The molecule has 2 heterocycles. The number of thioether (sulfide) groups is 1. The highest BCUT2D eigenvalue weighted by Gasteiger charge is 2.15. The third-order valence-corrected chi connectivity index (χ3v) is 4.28. The number of fused-ring (bicyclic) bond motifs is 1. The summed E-state index contributed by atoms with van der Waals surface area (Å²) in [6.45, 7) is 1.80. The van der Waals surface area contributed by atoms with Crippen LogP contribution in [0.4, 0.5) is 5.69 Å². The first-order valence-corrected chi connectivity index (χ1v) is 7.89. The van der Waals surface area contributed by atoms with E-state index in [0.29, 0.717) is 0 Å². The van der Waals surface area contributed by atoms with Crippen LogP contribution in [0.5, 0.6) is 0 Å². The van der Waals surface area contributed by atoms with Crippen molar-refractivity contribution in [1.29, 1.82) is 0 Å². The molecule has 0 saturated heterocycles. The molecule has 0 fully saturated rings. The van der Waals surface area contributed by atoms with Crippen LogP contribution in [0.3, 0.4) is 0 Å². The number of rotatable bonds is 4.